The average Bonchev–Trinajstić information content (AvgIpc) is 3.38. The molecule has 3 fully saturated rings. The summed E-state index contributed by atoms with van der Waals surface area (Å²) < 4.78 is 13.4. The van der Waals surface area contributed by atoms with Crippen molar-refractivity contribution in [1.82, 2.24) is 34.8 Å². The van der Waals surface area contributed by atoms with Gasteiger partial charge < -0.3 is 13.7 Å². The highest BCUT2D eigenvalue weighted by atomic mass is 16.5. The zero-order valence-corrected chi connectivity index (χ0v) is 16.6. The maximum Gasteiger partial charge on any atom is 0.230 e. The molecule has 1 saturated carbocycles. The number of morpholine rings is 1. The van der Waals surface area contributed by atoms with Gasteiger partial charge in [-0.25, -0.2) is 0 Å². The molecule has 9 nitrogen and oxygen atoms in total. The minimum atomic E-state index is 0.469. The van der Waals surface area contributed by atoms with E-state index in [4.69, 9.17) is 9.15 Å². The lowest BCUT2D eigenvalue weighted by Crippen LogP contribution is -2.36. The topological polar surface area (TPSA) is 85.3 Å². The summed E-state index contributed by atoms with van der Waals surface area (Å²) >= 11 is 0. The van der Waals surface area contributed by atoms with E-state index >= 15 is 0 Å². The highest BCUT2D eigenvalue weighted by Crippen LogP contribution is 2.39. The molecule has 4 heterocycles. The Morgan fingerprint density at radius 2 is 1.57 bits per heavy atom. The van der Waals surface area contributed by atoms with E-state index in [1.54, 1.807) is 0 Å². The van der Waals surface area contributed by atoms with Gasteiger partial charge in [-0.2, -0.15) is 0 Å². The van der Waals surface area contributed by atoms with Crippen LogP contribution < -0.4 is 0 Å². The Kier molecular flexibility index (Phi) is 5.13. The Morgan fingerprint density at radius 1 is 0.821 bits per heavy atom. The van der Waals surface area contributed by atoms with E-state index in [1.165, 1.54) is 12.8 Å². The fourth-order valence-corrected chi connectivity index (χ4v) is 4.19. The SMILES string of the molecule is Cn1c(CN2CCOCC2)nnc1C1CCN(Cc2nnc(C3CC3)o2)CC1. The van der Waals surface area contributed by atoms with Crippen LogP contribution in [0.3, 0.4) is 0 Å². The Morgan fingerprint density at radius 3 is 2.32 bits per heavy atom. The number of ether oxygens (including phenoxy) is 1. The van der Waals surface area contributed by atoms with Gasteiger partial charge in [0.25, 0.3) is 0 Å². The van der Waals surface area contributed by atoms with Gasteiger partial charge in [0.05, 0.1) is 26.3 Å². The number of rotatable bonds is 6. The first-order valence-corrected chi connectivity index (χ1v) is 10.5. The van der Waals surface area contributed by atoms with Crippen LogP contribution in [-0.4, -0.2) is 74.2 Å². The molecule has 0 amide bonds. The van der Waals surface area contributed by atoms with Crippen molar-refractivity contribution in [2.45, 2.75) is 50.6 Å². The Hall–Kier alpha value is -1.84. The van der Waals surface area contributed by atoms with Crippen molar-refractivity contribution in [2.24, 2.45) is 7.05 Å². The molecule has 28 heavy (non-hydrogen) atoms. The molecule has 9 heteroatoms. The van der Waals surface area contributed by atoms with Crippen molar-refractivity contribution in [1.29, 1.82) is 0 Å². The van der Waals surface area contributed by atoms with Gasteiger partial charge >= 0.3 is 0 Å². The van der Waals surface area contributed by atoms with Crippen LogP contribution in [0.1, 0.15) is 60.9 Å². The molecule has 2 aliphatic heterocycles. The van der Waals surface area contributed by atoms with Crippen LogP contribution in [0, 0.1) is 0 Å². The lowest BCUT2D eigenvalue weighted by atomic mass is 9.96. The molecule has 0 aromatic carbocycles. The number of likely N-dealkylation sites (tertiary alicyclic amines) is 1. The normalized spacial score (nSPS) is 22.8. The van der Waals surface area contributed by atoms with Crippen molar-refractivity contribution >= 4 is 0 Å². The van der Waals surface area contributed by atoms with Gasteiger partial charge in [0.15, 0.2) is 0 Å². The first-order chi connectivity index (χ1) is 13.8. The lowest BCUT2D eigenvalue weighted by Gasteiger charge is -2.30. The van der Waals surface area contributed by atoms with Gasteiger partial charge in [-0.1, -0.05) is 0 Å². The highest BCUT2D eigenvalue weighted by molar-refractivity contribution is 5.04. The van der Waals surface area contributed by atoms with Gasteiger partial charge in [0, 0.05) is 32.0 Å². The predicted octanol–water partition coefficient (Wildman–Crippen LogP) is 1.29. The smallest absolute Gasteiger partial charge is 0.230 e. The summed E-state index contributed by atoms with van der Waals surface area (Å²) in [6.07, 6.45) is 4.57. The number of hydrogen-bond acceptors (Lipinski definition) is 8. The molecule has 0 unspecified atom stereocenters. The van der Waals surface area contributed by atoms with Crippen LogP contribution in [0.25, 0.3) is 0 Å². The second kappa shape index (κ2) is 7.88. The largest absolute Gasteiger partial charge is 0.424 e. The third-order valence-corrected chi connectivity index (χ3v) is 6.19. The molecule has 3 aliphatic rings. The van der Waals surface area contributed by atoms with E-state index < -0.39 is 0 Å². The quantitative estimate of drug-likeness (QED) is 0.733. The van der Waals surface area contributed by atoms with E-state index in [0.717, 1.165) is 88.8 Å². The minimum absolute atomic E-state index is 0.469. The van der Waals surface area contributed by atoms with Crippen molar-refractivity contribution in [3.63, 3.8) is 0 Å². The van der Waals surface area contributed by atoms with Crippen LogP contribution in [0.2, 0.25) is 0 Å². The van der Waals surface area contributed by atoms with E-state index in [9.17, 15) is 0 Å². The van der Waals surface area contributed by atoms with Gasteiger partial charge in [-0.3, -0.25) is 9.80 Å². The maximum absolute atomic E-state index is 5.81. The fraction of sp³-hybridized carbons (Fsp3) is 0.789. The lowest BCUT2D eigenvalue weighted by molar-refractivity contribution is 0.0326. The Bertz CT molecular complexity index is 786. The molecule has 2 aromatic heterocycles. The molecule has 5 rings (SSSR count). The summed E-state index contributed by atoms with van der Waals surface area (Å²) in [5, 5.41) is 17.4. The van der Waals surface area contributed by atoms with Gasteiger partial charge in [0.2, 0.25) is 11.8 Å². The number of nitrogens with zero attached hydrogens (tertiary/aromatic N) is 7. The number of hydrogen-bond donors (Lipinski definition) is 0. The Balaban J connectivity index is 1.15. The molecule has 2 saturated heterocycles. The summed E-state index contributed by atoms with van der Waals surface area (Å²) in [6, 6.07) is 0. The first-order valence-electron chi connectivity index (χ1n) is 10.5. The van der Waals surface area contributed by atoms with Crippen molar-refractivity contribution in [2.75, 3.05) is 39.4 Å². The van der Waals surface area contributed by atoms with Crippen molar-refractivity contribution in [3.8, 4) is 0 Å². The van der Waals surface area contributed by atoms with Crippen LogP contribution in [0.5, 0.6) is 0 Å². The molecule has 0 radical (unpaired) electrons. The van der Waals surface area contributed by atoms with Crippen molar-refractivity contribution in [3.05, 3.63) is 23.4 Å². The zero-order valence-electron chi connectivity index (χ0n) is 16.6. The van der Waals surface area contributed by atoms with Crippen LogP contribution in [0.15, 0.2) is 4.42 Å². The summed E-state index contributed by atoms with van der Waals surface area (Å²) in [5.74, 6) is 4.75. The summed E-state index contributed by atoms with van der Waals surface area (Å²) in [5.41, 5.74) is 0. The second-order valence-corrected chi connectivity index (χ2v) is 8.28. The predicted molar refractivity (Wildman–Crippen MR) is 101 cm³/mol. The van der Waals surface area contributed by atoms with Crippen LogP contribution in [-0.2, 0) is 24.9 Å². The maximum atomic E-state index is 5.81. The molecule has 1 aliphatic carbocycles. The van der Waals surface area contributed by atoms with Gasteiger partial charge in [0.1, 0.15) is 11.6 Å². The molecule has 2 aromatic rings. The molecule has 152 valence electrons. The number of aromatic nitrogens is 5. The second-order valence-electron chi connectivity index (χ2n) is 8.28. The molecule has 0 bridgehead atoms. The molecular weight excluding hydrogens is 358 g/mol. The van der Waals surface area contributed by atoms with E-state index in [-0.39, 0.29) is 0 Å². The summed E-state index contributed by atoms with van der Waals surface area (Å²) in [6.45, 7) is 7.23. The van der Waals surface area contributed by atoms with E-state index in [0.29, 0.717) is 11.8 Å². The number of piperidine rings is 1. The van der Waals surface area contributed by atoms with E-state index in [2.05, 4.69) is 41.8 Å². The monoisotopic (exact) mass is 387 g/mol. The fourth-order valence-electron chi connectivity index (χ4n) is 4.19. The average molecular weight is 387 g/mol. The van der Waals surface area contributed by atoms with Crippen LogP contribution in [0.4, 0.5) is 0 Å². The van der Waals surface area contributed by atoms with E-state index in [1.807, 2.05) is 0 Å². The zero-order chi connectivity index (χ0) is 18.9. The molecular formula is C19H29N7O2. The standard InChI is InChI=1S/C19H29N7O2/c1-24-16(12-26-8-10-27-11-9-26)20-22-18(24)14-4-6-25(7-5-14)13-17-21-23-19(28-17)15-2-3-15/h14-15H,2-13H2,1H3. The Labute approximate surface area is 165 Å². The van der Waals surface area contributed by atoms with Gasteiger partial charge in [-0.15, -0.1) is 20.4 Å². The highest BCUT2D eigenvalue weighted by Gasteiger charge is 2.30. The first kappa shape index (κ1) is 18.2. The summed E-state index contributed by atoms with van der Waals surface area (Å²) in [4.78, 5) is 4.80. The third kappa shape index (κ3) is 3.97. The third-order valence-electron chi connectivity index (χ3n) is 6.19. The molecule has 0 atom stereocenters. The van der Waals surface area contributed by atoms with Crippen molar-refractivity contribution < 1.29 is 9.15 Å². The molecule has 0 spiro atoms. The minimum Gasteiger partial charge on any atom is -0.424 e. The van der Waals surface area contributed by atoms with Crippen LogP contribution >= 0.6 is 0 Å². The molecule has 0 N–H and O–H groups in total. The summed E-state index contributed by atoms with van der Waals surface area (Å²) in [7, 11) is 2.11. The van der Waals surface area contributed by atoms with Gasteiger partial charge in [-0.05, 0) is 38.8 Å².